The SMILES string of the molecule is C=CCn1c(S[C@H](C)C(=O)Nc2ccccc2-c2ccccc2)nc2ccccc21. The van der Waals surface area contributed by atoms with Gasteiger partial charge in [-0.25, -0.2) is 4.98 Å². The molecule has 4 aromatic rings. The first-order valence-electron chi connectivity index (χ1n) is 9.85. The molecule has 0 radical (unpaired) electrons. The number of allylic oxidation sites excluding steroid dienone is 1. The van der Waals surface area contributed by atoms with Gasteiger partial charge in [0.1, 0.15) is 0 Å². The number of carbonyl (C=O) groups excluding carboxylic acids is 1. The summed E-state index contributed by atoms with van der Waals surface area (Å²) in [6, 6.07) is 25.9. The van der Waals surface area contributed by atoms with E-state index in [9.17, 15) is 4.79 Å². The van der Waals surface area contributed by atoms with Crippen LogP contribution >= 0.6 is 11.8 Å². The highest BCUT2D eigenvalue weighted by molar-refractivity contribution is 8.00. The van der Waals surface area contributed by atoms with Crippen molar-refractivity contribution >= 4 is 34.4 Å². The zero-order chi connectivity index (χ0) is 20.9. The molecule has 4 nitrogen and oxygen atoms in total. The van der Waals surface area contributed by atoms with Crippen LogP contribution in [0.4, 0.5) is 5.69 Å². The van der Waals surface area contributed by atoms with Gasteiger partial charge in [-0.3, -0.25) is 4.79 Å². The van der Waals surface area contributed by atoms with Crippen molar-refractivity contribution in [2.75, 3.05) is 5.32 Å². The summed E-state index contributed by atoms with van der Waals surface area (Å²) in [6.07, 6.45) is 1.85. The predicted octanol–water partition coefficient (Wildman–Crippen LogP) is 6.01. The Hall–Kier alpha value is -3.31. The molecule has 0 saturated carbocycles. The predicted molar refractivity (Wildman–Crippen MR) is 126 cm³/mol. The monoisotopic (exact) mass is 413 g/mol. The van der Waals surface area contributed by atoms with Crippen LogP contribution in [-0.2, 0) is 11.3 Å². The molecule has 1 aromatic heterocycles. The lowest BCUT2D eigenvalue weighted by Crippen LogP contribution is -2.23. The zero-order valence-electron chi connectivity index (χ0n) is 16.8. The number of nitrogens with zero attached hydrogens (tertiary/aromatic N) is 2. The number of nitrogens with one attached hydrogen (secondary N) is 1. The molecule has 0 unspecified atom stereocenters. The smallest absolute Gasteiger partial charge is 0.237 e. The summed E-state index contributed by atoms with van der Waals surface area (Å²) in [5, 5.41) is 3.60. The van der Waals surface area contributed by atoms with Gasteiger partial charge in [-0.2, -0.15) is 0 Å². The van der Waals surface area contributed by atoms with Crippen molar-refractivity contribution in [3.05, 3.63) is 91.5 Å². The molecule has 0 aliphatic rings. The number of para-hydroxylation sites is 3. The Bertz CT molecular complexity index is 1180. The maximum Gasteiger partial charge on any atom is 0.237 e. The number of hydrogen-bond acceptors (Lipinski definition) is 3. The van der Waals surface area contributed by atoms with E-state index in [0.717, 1.165) is 33.0 Å². The van der Waals surface area contributed by atoms with Crippen LogP contribution in [-0.4, -0.2) is 20.7 Å². The number of anilines is 1. The van der Waals surface area contributed by atoms with Crippen molar-refractivity contribution in [1.82, 2.24) is 9.55 Å². The van der Waals surface area contributed by atoms with Gasteiger partial charge >= 0.3 is 0 Å². The fourth-order valence-electron chi connectivity index (χ4n) is 3.36. The zero-order valence-corrected chi connectivity index (χ0v) is 17.6. The molecular weight excluding hydrogens is 390 g/mol. The number of imidazole rings is 1. The van der Waals surface area contributed by atoms with Crippen LogP contribution in [0.5, 0.6) is 0 Å². The molecule has 3 aromatic carbocycles. The van der Waals surface area contributed by atoms with E-state index in [1.54, 1.807) is 0 Å². The minimum Gasteiger partial charge on any atom is -0.325 e. The van der Waals surface area contributed by atoms with Crippen molar-refractivity contribution in [2.24, 2.45) is 0 Å². The molecule has 0 bridgehead atoms. The van der Waals surface area contributed by atoms with E-state index < -0.39 is 0 Å². The molecule has 0 spiro atoms. The van der Waals surface area contributed by atoms with Crippen molar-refractivity contribution in [3.63, 3.8) is 0 Å². The second-order valence-corrected chi connectivity index (χ2v) is 8.25. The van der Waals surface area contributed by atoms with Gasteiger partial charge in [0, 0.05) is 17.8 Å². The Morgan fingerprint density at radius 3 is 2.57 bits per heavy atom. The van der Waals surface area contributed by atoms with Crippen molar-refractivity contribution < 1.29 is 4.79 Å². The van der Waals surface area contributed by atoms with Crippen LogP contribution in [0, 0.1) is 0 Å². The third-order valence-electron chi connectivity index (χ3n) is 4.85. The lowest BCUT2D eigenvalue weighted by Gasteiger charge is -2.15. The molecule has 1 N–H and O–H groups in total. The Kier molecular flexibility index (Phi) is 6.00. The van der Waals surface area contributed by atoms with Gasteiger partial charge in [-0.15, -0.1) is 6.58 Å². The molecule has 4 rings (SSSR count). The number of aromatic nitrogens is 2. The van der Waals surface area contributed by atoms with Crippen LogP contribution < -0.4 is 5.32 Å². The molecule has 0 fully saturated rings. The summed E-state index contributed by atoms with van der Waals surface area (Å²) >= 11 is 1.46. The van der Waals surface area contributed by atoms with Gasteiger partial charge in [0.05, 0.1) is 16.3 Å². The van der Waals surface area contributed by atoms with Crippen molar-refractivity contribution in [2.45, 2.75) is 23.9 Å². The average molecular weight is 414 g/mol. The van der Waals surface area contributed by atoms with E-state index in [-0.39, 0.29) is 11.2 Å². The quantitative estimate of drug-likeness (QED) is 0.298. The molecule has 5 heteroatoms. The molecule has 0 aliphatic heterocycles. The van der Waals surface area contributed by atoms with Gasteiger partial charge in [0.15, 0.2) is 5.16 Å². The lowest BCUT2D eigenvalue weighted by molar-refractivity contribution is -0.115. The molecule has 150 valence electrons. The Labute approximate surface area is 180 Å². The van der Waals surface area contributed by atoms with Crippen LogP contribution in [0.15, 0.2) is 96.7 Å². The van der Waals surface area contributed by atoms with Crippen LogP contribution in [0.2, 0.25) is 0 Å². The van der Waals surface area contributed by atoms with Crippen LogP contribution in [0.25, 0.3) is 22.2 Å². The Morgan fingerprint density at radius 2 is 1.77 bits per heavy atom. The number of fused-ring (bicyclic) bond motifs is 1. The normalized spacial score (nSPS) is 11.9. The first-order chi connectivity index (χ1) is 14.7. The molecule has 0 saturated heterocycles. The van der Waals surface area contributed by atoms with Crippen LogP contribution in [0.3, 0.4) is 0 Å². The standard InChI is InChI=1S/C25H23N3OS/c1-3-17-28-23-16-10-9-15-22(23)27-25(28)30-18(2)24(29)26-21-14-8-7-13-20(21)19-11-5-4-6-12-19/h3-16,18H,1,17H2,2H3,(H,26,29)/t18-/m1/s1. The maximum absolute atomic E-state index is 13.0. The number of benzene rings is 3. The third-order valence-corrected chi connectivity index (χ3v) is 5.94. The molecule has 30 heavy (non-hydrogen) atoms. The van der Waals surface area contributed by atoms with E-state index in [1.807, 2.05) is 91.9 Å². The van der Waals surface area contributed by atoms with Crippen molar-refractivity contribution in [1.29, 1.82) is 0 Å². The second-order valence-electron chi connectivity index (χ2n) is 6.94. The fraction of sp³-hybridized carbons (Fsp3) is 0.120. The summed E-state index contributed by atoms with van der Waals surface area (Å²) < 4.78 is 2.09. The van der Waals surface area contributed by atoms with Gasteiger partial charge in [0.25, 0.3) is 0 Å². The molecular formula is C25H23N3OS. The molecule has 1 heterocycles. The van der Waals surface area contributed by atoms with E-state index in [1.165, 1.54) is 11.8 Å². The van der Waals surface area contributed by atoms with Crippen LogP contribution in [0.1, 0.15) is 6.92 Å². The minimum atomic E-state index is -0.311. The highest BCUT2D eigenvalue weighted by atomic mass is 32.2. The van der Waals surface area contributed by atoms with E-state index in [4.69, 9.17) is 4.98 Å². The summed E-state index contributed by atoms with van der Waals surface area (Å²) in [7, 11) is 0. The minimum absolute atomic E-state index is 0.0550. The summed E-state index contributed by atoms with van der Waals surface area (Å²) in [5.74, 6) is -0.0550. The summed E-state index contributed by atoms with van der Waals surface area (Å²) in [6.45, 7) is 6.41. The third kappa shape index (κ3) is 4.16. The Morgan fingerprint density at radius 1 is 1.07 bits per heavy atom. The maximum atomic E-state index is 13.0. The van der Waals surface area contributed by atoms with E-state index in [2.05, 4.69) is 16.5 Å². The summed E-state index contributed by atoms with van der Waals surface area (Å²) in [5.41, 5.74) is 4.84. The number of rotatable bonds is 7. The van der Waals surface area contributed by atoms with E-state index in [0.29, 0.717) is 6.54 Å². The average Bonchev–Trinajstić information content (AvgIpc) is 3.12. The number of carbonyl (C=O) groups is 1. The molecule has 1 amide bonds. The summed E-state index contributed by atoms with van der Waals surface area (Å²) in [4.78, 5) is 17.7. The van der Waals surface area contributed by atoms with Crippen molar-refractivity contribution in [3.8, 4) is 11.1 Å². The molecule has 0 aliphatic carbocycles. The molecule has 1 atom stereocenters. The highest BCUT2D eigenvalue weighted by Gasteiger charge is 2.20. The highest BCUT2D eigenvalue weighted by Crippen LogP contribution is 2.30. The van der Waals surface area contributed by atoms with Gasteiger partial charge < -0.3 is 9.88 Å². The number of hydrogen-bond donors (Lipinski definition) is 1. The van der Waals surface area contributed by atoms with Gasteiger partial charge in [0.2, 0.25) is 5.91 Å². The van der Waals surface area contributed by atoms with E-state index >= 15 is 0 Å². The van der Waals surface area contributed by atoms with Gasteiger partial charge in [-0.05, 0) is 30.7 Å². The van der Waals surface area contributed by atoms with Gasteiger partial charge in [-0.1, -0.05) is 78.5 Å². The second kappa shape index (κ2) is 9.01. The number of amides is 1. The number of thioether (sulfide) groups is 1. The fourth-order valence-corrected chi connectivity index (χ4v) is 4.29. The topological polar surface area (TPSA) is 46.9 Å². The first kappa shape index (κ1) is 20.0. The largest absolute Gasteiger partial charge is 0.325 e. The Balaban J connectivity index is 1.56. The lowest BCUT2D eigenvalue weighted by atomic mass is 10.0. The first-order valence-corrected chi connectivity index (χ1v) is 10.7.